The Labute approximate surface area is 318 Å². The molecule has 4 heteroatoms. The Balaban J connectivity index is 0.000000200. The van der Waals surface area contributed by atoms with Crippen LogP contribution in [0.1, 0.15) is 118 Å². The third kappa shape index (κ3) is 7.05. The van der Waals surface area contributed by atoms with Crippen molar-refractivity contribution in [3.63, 3.8) is 0 Å². The number of rotatable bonds is 2. The van der Waals surface area contributed by atoms with Crippen molar-refractivity contribution >= 4 is 0 Å². The van der Waals surface area contributed by atoms with Crippen molar-refractivity contribution in [2.45, 2.75) is 119 Å². The lowest BCUT2D eigenvalue weighted by Crippen LogP contribution is -2.43. The van der Waals surface area contributed by atoms with Crippen LogP contribution in [0.2, 0.25) is 2.82 Å². The van der Waals surface area contributed by atoms with Crippen LogP contribution in [0.5, 0.6) is 0 Å². The molecule has 0 spiro atoms. The molecule has 8 rings (SSSR count). The van der Waals surface area contributed by atoms with Crippen LogP contribution in [0.15, 0.2) is 60.7 Å². The van der Waals surface area contributed by atoms with Gasteiger partial charge in [0.2, 0.25) is 0 Å². The Kier molecular flexibility index (Phi) is 11.4. The van der Waals surface area contributed by atoms with Gasteiger partial charge < -0.3 is 20.8 Å². The molecule has 0 bridgehead atoms. The molecular weight excluding hydrogens is 637 g/mol. The van der Waals surface area contributed by atoms with Gasteiger partial charge in [-0.05, 0) is 192 Å². The van der Waals surface area contributed by atoms with Crippen molar-refractivity contribution in [2.24, 2.45) is 11.8 Å². The van der Waals surface area contributed by atoms with Crippen LogP contribution in [-0.4, -0.2) is 36.4 Å². The predicted molar refractivity (Wildman–Crippen MR) is 220 cm³/mol. The number of aryl methyl sites for hydroxylation is 8. The molecule has 0 aromatic heterocycles. The number of fused-ring (bicyclic) bond motifs is 4. The maximum atomic E-state index is 12.3. The van der Waals surface area contributed by atoms with E-state index in [1.807, 2.05) is 0 Å². The summed E-state index contributed by atoms with van der Waals surface area (Å²) in [5, 5.41) is 27.9. The van der Waals surface area contributed by atoms with Crippen LogP contribution in [0.4, 0.5) is 0 Å². The Morgan fingerprint density at radius 2 is 1.00 bits per heavy atom. The van der Waals surface area contributed by atoms with Gasteiger partial charge in [0.25, 0.3) is 0 Å². The van der Waals surface area contributed by atoms with E-state index in [0.717, 1.165) is 99.8 Å². The minimum Gasteiger partial charge on any atom is -0.380 e. The summed E-state index contributed by atoms with van der Waals surface area (Å²) in [4.78, 5) is 0. The molecule has 2 fully saturated rings. The first kappa shape index (κ1) is 37.1. The minimum atomic E-state index is -0.950. The summed E-state index contributed by atoms with van der Waals surface area (Å²) in [5.74, 6) is 0.313. The Hall–Kier alpha value is -3.28. The zero-order chi connectivity index (χ0) is 36.9. The fourth-order valence-corrected chi connectivity index (χ4v) is 9.96. The Morgan fingerprint density at radius 1 is 0.538 bits per heavy atom. The van der Waals surface area contributed by atoms with Gasteiger partial charge in [0.15, 0.2) is 0 Å². The summed E-state index contributed by atoms with van der Waals surface area (Å²) in [6.07, 6.45) is 7.37. The van der Waals surface area contributed by atoms with E-state index in [-0.39, 0.29) is 26.7 Å². The maximum Gasteiger partial charge on any atom is 0.122 e. The van der Waals surface area contributed by atoms with Gasteiger partial charge >= 0.3 is 0 Å². The van der Waals surface area contributed by atoms with Crippen LogP contribution < -0.4 is 10.6 Å². The highest BCUT2D eigenvalue weighted by Crippen LogP contribution is 2.49. The van der Waals surface area contributed by atoms with Crippen molar-refractivity contribution in [3.05, 3.63) is 139 Å². The third-order valence-corrected chi connectivity index (χ3v) is 12.6. The molecule has 4 aromatic rings. The molecule has 4 N–H and O–H groups in total. The fourth-order valence-electron chi connectivity index (χ4n) is 9.96. The topological polar surface area (TPSA) is 64.5 Å². The fraction of sp³-hybridized carbons (Fsp3) is 0.500. The summed E-state index contributed by atoms with van der Waals surface area (Å²) >= 11 is 0. The highest BCUT2D eigenvalue weighted by Gasteiger charge is 2.46. The molecule has 52 heavy (non-hydrogen) atoms. The second kappa shape index (κ2) is 16.0. The van der Waals surface area contributed by atoms with Gasteiger partial charge in [0.05, 0.1) is 0 Å². The van der Waals surface area contributed by atoms with Gasteiger partial charge in [0.1, 0.15) is 14.0 Å². The average Bonchev–Trinajstić information content (AvgIpc) is 3.32. The number of hydrogen-bond donors (Lipinski definition) is 4. The van der Waals surface area contributed by atoms with Crippen molar-refractivity contribution in [1.29, 1.82) is 0 Å². The van der Waals surface area contributed by atoms with E-state index in [9.17, 15) is 10.2 Å². The minimum absolute atomic E-state index is 0. The van der Waals surface area contributed by atoms with Crippen molar-refractivity contribution in [1.82, 2.24) is 10.6 Å². The molecule has 2 atom stereocenters. The lowest BCUT2D eigenvalue weighted by atomic mass is 9.69. The molecule has 0 amide bonds. The Bertz CT molecular complexity index is 1960. The molecule has 280 valence electrons. The van der Waals surface area contributed by atoms with Crippen molar-refractivity contribution < 1.29 is 13.0 Å². The molecule has 0 saturated carbocycles. The Morgan fingerprint density at radius 3 is 1.58 bits per heavy atom. The normalized spacial score (nSPS) is 24.1. The standard InChI is InChI=1S/2C23H29NO.2CH4/c1-15-4-8-21-18(14-15)6-7-20-17(3)16(2)5-9-22(20)23(21,25)19-10-12-24-13-11-19;1-15-4-7-21-18(13-15)5-6-19-14-16(2)12-17(3)22(19)23(21,25)20-8-10-24-11-9-20;;/h4-5,8-9,14,19,24-25H,6-7,10-13H2,1-3H3;4,7,12-14,20,24-25H,5-6,8-11H2,1-3H3;2*1H4/i/hT2. The molecule has 2 aliphatic heterocycles. The highest BCUT2D eigenvalue weighted by atomic mass is 16.3. The first-order chi connectivity index (χ1) is 24.8. The van der Waals surface area contributed by atoms with E-state index in [4.69, 9.17) is 2.82 Å². The summed E-state index contributed by atoms with van der Waals surface area (Å²) in [6.45, 7) is 15.8. The van der Waals surface area contributed by atoms with E-state index in [2.05, 4.69) is 102 Å². The maximum absolute atomic E-state index is 12.3. The van der Waals surface area contributed by atoms with E-state index >= 15 is 0 Å². The van der Waals surface area contributed by atoms with Gasteiger partial charge in [0, 0.05) is 0 Å². The first-order valence-corrected chi connectivity index (χ1v) is 19.1. The number of nitrogens with one attached hydrogen (secondary N) is 2. The third-order valence-electron chi connectivity index (χ3n) is 12.6. The molecular formula is C48H66N2O2. The molecule has 4 aromatic carbocycles. The first-order valence-electron chi connectivity index (χ1n) is 20.0. The molecule has 0 radical (unpaired) electrons. The van der Waals surface area contributed by atoms with Crippen LogP contribution >= 0.6 is 0 Å². The average molecular weight is 707 g/mol. The molecule has 2 unspecified atom stereocenters. The van der Waals surface area contributed by atoms with Crippen LogP contribution in [-0.2, 0) is 36.9 Å². The second-order valence-electron chi connectivity index (χ2n) is 15.9. The highest BCUT2D eigenvalue weighted by molar-refractivity contribution is 5.54. The van der Waals surface area contributed by atoms with Crippen molar-refractivity contribution in [2.75, 3.05) is 26.2 Å². The lowest BCUT2D eigenvalue weighted by Gasteiger charge is -2.41. The summed E-state index contributed by atoms with van der Waals surface area (Å²) in [6, 6.07) is 21.9. The summed E-state index contributed by atoms with van der Waals surface area (Å²) in [5.41, 5.74) is 15.3. The number of aliphatic hydroxyl groups is 2. The second-order valence-corrected chi connectivity index (χ2v) is 15.9. The van der Waals surface area contributed by atoms with Crippen molar-refractivity contribution in [3.8, 4) is 0 Å². The van der Waals surface area contributed by atoms with E-state index < -0.39 is 11.2 Å². The van der Waals surface area contributed by atoms with Gasteiger partial charge in [-0.1, -0.05) is 92.2 Å². The number of piperidine rings is 2. The van der Waals surface area contributed by atoms with E-state index in [0.29, 0.717) is 0 Å². The quantitative estimate of drug-likeness (QED) is 0.168. The zero-order valence-corrected chi connectivity index (χ0v) is 31.2. The summed E-state index contributed by atoms with van der Waals surface area (Å²) < 4.78 is 15.8. The van der Waals surface area contributed by atoms with E-state index in [1.54, 1.807) is 10.6 Å². The van der Waals surface area contributed by atoms with Crippen LogP contribution in [0, 0.1) is 53.4 Å². The molecule has 4 nitrogen and oxygen atoms in total. The largest absolute Gasteiger partial charge is 0.380 e. The zero-order valence-electron chi connectivity index (χ0n) is 33.2. The van der Waals surface area contributed by atoms with Gasteiger partial charge in [-0.3, -0.25) is 0 Å². The number of benzene rings is 4. The monoisotopic (exact) mass is 707 g/mol. The van der Waals surface area contributed by atoms with Crippen LogP contribution in [0.25, 0.3) is 0 Å². The van der Waals surface area contributed by atoms with Crippen LogP contribution in [0.3, 0.4) is 0 Å². The predicted octanol–water partition coefficient (Wildman–Crippen LogP) is 9.16. The van der Waals surface area contributed by atoms with E-state index in [1.165, 1.54) is 55.6 Å². The van der Waals surface area contributed by atoms with Gasteiger partial charge in [-0.25, -0.2) is 0 Å². The smallest absolute Gasteiger partial charge is 0.122 e. The molecule has 2 saturated heterocycles. The summed E-state index contributed by atoms with van der Waals surface area (Å²) in [7, 11) is 0. The van der Waals surface area contributed by atoms with Gasteiger partial charge in [-0.15, -0.1) is 0 Å². The SMILES string of the molecule is C.C.[3H]N1CCC(C2(O)c3ccc(C)cc3CCc3c2ccc(C)c3C)CC1.[3H]N1CCC(C2(O)c3ccc(C)cc3CCc3cc(C)cc(C)c32)CC1. The molecule has 2 aliphatic carbocycles. The van der Waals surface area contributed by atoms with Gasteiger partial charge in [-0.2, -0.15) is 0 Å². The number of hydrogen-bond acceptors (Lipinski definition) is 4. The molecule has 4 aliphatic rings. The molecule has 2 heterocycles. The lowest BCUT2D eigenvalue weighted by molar-refractivity contribution is 0.00123.